The highest BCUT2D eigenvalue weighted by molar-refractivity contribution is 5.89. The Morgan fingerprint density at radius 3 is 2.77 bits per heavy atom. The second kappa shape index (κ2) is 10.00. The van der Waals surface area contributed by atoms with Gasteiger partial charge in [0.05, 0.1) is 6.61 Å². The maximum atomic E-state index is 12.0. The number of carbonyl (C=O) groups excluding carboxylic acids is 2. The Labute approximate surface area is 155 Å². The molecule has 1 fully saturated rings. The van der Waals surface area contributed by atoms with Gasteiger partial charge in [-0.05, 0) is 37.3 Å². The van der Waals surface area contributed by atoms with E-state index in [0.29, 0.717) is 24.2 Å². The molecule has 1 saturated carbocycles. The van der Waals surface area contributed by atoms with E-state index in [1.54, 1.807) is 6.08 Å². The molecule has 26 heavy (non-hydrogen) atoms. The minimum atomic E-state index is -0.545. The molecule has 0 spiro atoms. The van der Waals surface area contributed by atoms with E-state index in [0.717, 1.165) is 18.4 Å². The lowest BCUT2D eigenvalue weighted by atomic mass is 9.78. The first-order chi connectivity index (χ1) is 12.5. The van der Waals surface area contributed by atoms with Crippen LogP contribution in [0.25, 0.3) is 6.08 Å². The highest BCUT2D eigenvalue weighted by Crippen LogP contribution is 2.29. The van der Waals surface area contributed by atoms with Crippen LogP contribution in [0.3, 0.4) is 0 Å². The fourth-order valence-electron chi connectivity index (χ4n) is 3.28. The van der Waals surface area contributed by atoms with Gasteiger partial charge in [-0.1, -0.05) is 44.9 Å². The first kappa shape index (κ1) is 20.0. The zero-order valence-electron chi connectivity index (χ0n) is 15.9. The van der Waals surface area contributed by atoms with Gasteiger partial charge in [-0.15, -0.1) is 0 Å². The Bertz CT molecular complexity index is 641. The number of para-hydroxylation sites is 1. The molecule has 142 valence electrons. The van der Waals surface area contributed by atoms with Crippen LogP contribution in [0.4, 0.5) is 0 Å². The standard InChI is InChI=1S/C21H29NO4/c1-4-25-19-11-6-5-9-17(19)12-13-21(24)26-14-20(23)22-18-10-7-8-15(2)16(18)3/h5-6,9,11-13,15-16,18H,4,7-8,10,14H2,1-3H3,(H,22,23)/b13-12+/t15-,16-,18+/m0/s1. The smallest absolute Gasteiger partial charge is 0.331 e. The van der Waals surface area contributed by atoms with Gasteiger partial charge < -0.3 is 14.8 Å². The lowest BCUT2D eigenvalue weighted by Gasteiger charge is -2.34. The van der Waals surface area contributed by atoms with Crippen molar-refractivity contribution in [3.8, 4) is 5.75 Å². The van der Waals surface area contributed by atoms with Crippen LogP contribution < -0.4 is 10.1 Å². The first-order valence-corrected chi connectivity index (χ1v) is 9.37. The van der Waals surface area contributed by atoms with Crippen LogP contribution in [0.5, 0.6) is 5.75 Å². The van der Waals surface area contributed by atoms with Gasteiger partial charge in [-0.3, -0.25) is 4.79 Å². The average Bonchev–Trinajstić information content (AvgIpc) is 2.63. The topological polar surface area (TPSA) is 64.6 Å². The molecule has 0 radical (unpaired) electrons. The summed E-state index contributed by atoms with van der Waals surface area (Å²) in [6, 6.07) is 7.60. The third-order valence-electron chi connectivity index (χ3n) is 5.02. The number of benzene rings is 1. The predicted molar refractivity (Wildman–Crippen MR) is 102 cm³/mol. The van der Waals surface area contributed by atoms with E-state index in [2.05, 4.69) is 19.2 Å². The van der Waals surface area contributed by atoms with E-state index in [4.69, 9.17) is 9.47 Å². The lowest BCUT2D eigenvalue weighted by Crippen LogP contribution is -2.45. The Morgan fingerprint density at radius 2 is 2.00 bits per heavy atom. The zero-order chi connectivity index (χ0) is 18.9. The van der Waals surface area contributed by atoms with Gasteiger partial charge in [-0.2, -0.15) is 0 Å². The summed E-state index contributed by atoms with van der Waals surface area (Å²) in [6.45, 7) is 6.58. The molecule has 1 amide bonds. The molecule has 1 aliphatic carbocycles. The largest absolute Gasteiger partial charge is 0.493 e. The molecule has 1 aromatic carbocycles. The van der Waals surface area contributed by atoms with E-state index >= 15 is 0 Å². The monoisotopic (exact) mass is 359 g/mol. The van der Waals surface area contributed by atoms with Crippen LogP contribution in [-0.4, -0.2) is 31.1 Å². The van der Waals surface area contributed by atoms with Gasteiger partial charge in [-0.25, -0.2) is 4.79 Å². The predicted octanol–water partition coefficient (Wildman–Crippen LogP) is 3.58. The molecule has 3 atom stereocenters. The molecular weight excluding hydrogens is 330 g/mol. The van der Waals surface area contributed by atoms with Crippen molar-refractivity contribution < 1.29 is 19.1 Å². The summed E-state index contributed by atoms with van der Waals surface area (Å²) in [5, 5.41) is 2.99. The number of carbonyl (C=O) groups is 2. The molecule has 2 rings (SSSR count). The quantitative estimate of drug-likeness (QED) is 0.597. The SMILES string of the molecule is CCOc1ccccc1/C=C/C(=O)OCC(=O)N[C@@H]1CCC[C@H](C)[C@@H]1C. The second-order valence-electron chi connectivity index (χ2n) is 6.85. The minimum Gasteiger partial charge on any atom is -0.493 e. The summed E-state index contributed by atoms with van der Waals surface area (Å²) in [6.07, 6.45) is 6.26. The van der Waals surface area contributed by atoms with Crippen molar-refractivity contribution in [3.05, 3.63) is 35.9 Å². The van der Waals surface area contributed by atoms with Crippen molar-refractivity contribution >= 4 is 18.0 Å². The molecule has 5 nitrogen and oxygen atoms in total. The molecule has 0 unspecified atom stereocenters. The Balaban J connectivity index is 1.80. The molecule has 0 bridgehead atoms. The maximum absolute atomic E-state index is 12.0. The zero-order valence-corrected chi connectivity index (χ0v) is 15.9. The normalized spacial score (nSPS) is 22.8. The number of rotatable bonds is 7. The number of esters is 1. The summed E-state index contributed by atoms with van der Waals surface area (Å²) >= 11 is 0. The van der Waals surface area contributed by atoms with Gasteiger partial charge in [0.15, 0.2) is 6.61 Å². The highest BCUT2D eigenvalue weighted by atomic mass is 16.5. The second-order valence-corrected chi connectivity index (χ2v) is 6.85. The van der Waals surface area contributed by atoms with E-state index in [1.165, 1.54) is 12.5 Å². The fourth-order valence-corrected chi connectivity index (χ4v) is 3.28. The van der Waals surface area contributed by atoms with Crippen LogP contribution >= 0.6 is 0 Å². The van der Waals surface area contributed by atoms with E-state index < -0.39 is 5.97 Å². The van der Waals surface area contributed by atoms with Gasteiger partial charge in [0, 0.05) is 17.7 Å². The van der Waals surface area contributed by atoms with E-state index in [-0.39, 0.29) is 18.6 Å². The van der Waals surface area contributed by atoms with Crippen molar-refractivity contribution in [1.29, 1.82) is 0 Å². The van der Waals surface area contributed by atoms with Crippen LogP contribution in [0.2, 0.25) is 0 Å². The molecule has 5 heteroatoms. The number of hydrogen-bond acceptors (Lipinski definition) is 4. The minimum absolute atomic E-state index is 0.165. The van der Waals surface area contributed by atoms with Gasteiger partial charge in [0.25, 0.3) is 5.91 Å². The molecule has 0 saturated heterocycles. The summed E-state index contributed by atoms with van der Waals surface area (Å²) in [4.78, 5) is 23.9. The third-order valence-corrected chi connectivity index (χ3v) is 5.02. The first-order valence-electron chi connectivity index (χ1n) is 9.37. The van der Waals surface area contributed by atoms with Gasteiger partial charge in [0.1, 0.15) is 5.75 Å². The summed E-state index contributed by atoms with van der Waals surface area (Å²) in [7, 11) is 0. The Morgan fingerprint density at radius 1 is 1.23 bits per heavy atom. The lowest BCUT2D eigenvalue weighted by molar-refractivity contribution is -0.144. The van der Waals surface area contributed by atoms with Crippen LogP contribution in [-0.2, 0) is 14.3 Å². The Kier molecular flexibility index (Phi) is 7.70. The number of nitrogens with one attached hydrogen (secondary N) is 1. The summed E-state index contributed by atoms with van der Waals surface area (Å²) in [5.41, 5.74) is 0.792. The van der Waals surface area contributed by atoms with E-state index in [9.17, 15) is 9.59 Å². The average molecular weight is 359 g/mol. The van der Waals surface area contributed by atoms with Gasteiger partial charge >= 0.3 is 5.97 Å². The van der Waals surface area contributed by atoms with E-state index in [1.807, 2.05) is 31.2 Å². The van der Waals surface area contributed by atoms with Crippen LogP contribution in [0.1, 0.15) is 45.6 Å². The van der Waals surface area contributed by atoms with Crippen LogP contribution in [0.15, 0.2) is 30.3 Å². The number of hydrogen-bond donors (Lipinski definition) is 1. The van der Waals surface area contributed by atoms with Gasteiger partial charge in [0.2, 0.25) is 0 Å². The molecule has 1 aliphatic rings. The number of amides is 1. The molecule has 1 N–H and O–H groups in total. The summed E-state index contributed by atoms with van der Waals surface area (Å²) in [5.74, 6) is 0.962. The number of ether oxygens (including phenoxy) is 2. The summed E-state index contributed by atoms with van der Waals surface area (Å²) < 4.78 is 10.6. The van der Waals surface area contributed by atoms with Crippen molar-refractivity contribution in [2.24, 2.45) is 11.8 Å². The molecule has 0 aromatic heterocycles. The van der Waals surface area contributed by atoms with Crippen LogP contribution in [0, 0.1) is 11.8 Å². The van der Waals surface area contributed by atoms with Crippen molar-refractivity contribution in [2.45, 2.75) is 46.1 Å². The molecule has 0 aliphatic heterocycles. The maximum Gasteiger partial charge on any atom is 0.331 e. The van der Waals surface area contributed by atoms with Crippen molar-refractivity contribution in [1.82, 2.24) is 5.32 Å². The fraction of sp³-hybridized carbons (Fsp3) is 0.524. The molecule has 0 heterocycles. The molecule has 1 aromatic rings. The molecular formula is C21H29NO4. The van der Waals surface area contributed by atoms with Crippen molar-refractivity contribution in [2.75, 3.05) is 13.2 Å². The highest BCUT2D eigenvalue weighted by Gasteiger charge is 2.28. The van der Waals surface area contributed by atoms with Crippen molar-refractivity contribution in [3.63, 3.8) is 0 Å². The Hall–Kier alpha value is -2.30. The third kappa shape index (κ3) is 5.90.